The summed E-state index contributed by atoms with van der Waals surface area (Å²) in [5.41, 5.74) is 0. The molecule has 1 atom stereocenters. The third-order valence-corrected chi connectivity index (χ3v) is 3.51. The third kappa shape index (κ3) is 2.75. The van der Waals surface area contributed by atoms with Gasteiger partial charge in [0.1, 0.15) is 0 Å². The first-order chi connectivity index (χ1) is 5.70. The van der Waals surface area contributed by atoms with Gasteiger partial charge < -0.3 is 0 Å². The quantitative estimate of drug-likeness (QED) is 0.655. The van der Waals surface area contributed by atoms with Gasteiger partial charge in [0.05, 0.1) is 0 Å². The Hall–Kier alpha value is -0.680. The van der Waals surface area contributed by atoms with Gasteiger partial charge in [0, 0.05) is 0 Å². The Labute approximate surface area is 74.6 Å². The SMILES string of the molecule is CC(C)C[P+](=O)c1ccccc1. The van der Waals surface area contributed by atoms with Crippen LogP contribution in [-0.4, -0.2) is 6.16 Å². The van der Waals surface area contributed by atoms with Crippen molar-refractivity contribution in [3.8, 4) is 0 Å². The van der Waals surface area contributed by atoms with Gasteiger partial charge in [-0.15, -0.1) is 0 Å². The molecule has 0 saturated heterocycles. The smallest absolute Gasteiger partial charge is 0.0681 e. The van der Waals surface area contributed by atoms with E-state index in [1.54, 1.807) is 0 Å². The van der Waals surface area contributed by atoms with E-state index in [9.17, 15) is 4.57 Å². The molecule has 1 aromatic carbocycles. The van der Waals surface area contributed by atoms with E-state index in [0.29, 0.717) is 5.92 Å². The van der Waals surface area contributed by atoms with Crippen molar-refractivity contribution in [3.05, 3.63) is 30.3 Å². The van der Waals surface area contributed by atoms with Crippen LogP contribution >= 0.6 is 7.80 Å². The fraction of sp³-hybridized carbons (Fsp3) is 0.400. The van der Waals surface area contributed by atoms with Crippen LogP contribution in [0.4, 0.5) is 0 Å². The fourth-order valence-corrected chi connectivity index (χ4v) is 2.41. The van der Waals surface area contributed by atoms with Gasteiger partial charge in [-0.05, 0) is 18.1 Å². The molecule has 12 heavy (non-hydrogen) atoms. The number of rotatable bonds is 3. The van der Waals surface area contributed by atoms with Gasteiger partial charge in [-0.1, -0.05) is 36.6 Å². The molecule has 0 amide bonds. The maximum Gasteiger partial charge on any atom is 0.377 e. The Morgan fingerprint density at radius 1 is 1.25 bits per heavy atom. The van der Waals surface area contributed by atoms with Gasteiger partial charge in [0.2, 0.25) is 0 Å². The van der Waals surface area contributed by atoms with E-state index in [1.165, 1.54) is 0 Å². The normalized spacial score (nSPS) is 11.8. The van der Waals surface area contributed by atoms with Crippen molar-refractivity contribution in [2.75, 3.05) is 6.16 Å². The van der Waals surface area contributed by atoms with Crippen molar-refractivity contribution in [1.82, 2.24) is 0 Å². The minimum absolute atomic E-state index is 0.508. The Morgan fingerprint density at radius 3 is 2.33 bits per heavy atom. The van der Waals surface area contributed by atoms with Crippen molar-refractivity contribution in [2.24, 2.45) is 5.92 Å². The predicted octanol–water partition coefficient (Wildman–Crippen LogP) is 2.80. The molecular formula is C10H14OP+. The number of benzene rings is 1. The molecule has 1 aromatic rings. The zero-order chi connectivity index (χ0) is 8.97. The highest BCUT2D eigenvalue weighted by Gasteiger charge is 2.19. The largest absolute Gasteiger partial charge is 0.377 e. The molecule has 0 spiro atoms. The zero-order valence-corrected chi connectivity index (χ0v) is 8.42. The highest BCUT2D eigenvalue weighted by Crippen LogP contribution is 2.22. The van der Waals surface area contributed by atoms with Gasteiger partial charge in [0.15, 0.2) is 11.5 Å². The first kappa shape index (κ1) is 9.41. The summed E-state index contributed by atoms with van der Waals surface area (Å²) in [6.07, 6.45) is 0.791. The summed E-state index contributed by atoms with van der Waals surface area (Å²) in [6, 6.07) is 9.68. The molecule has 0 aliphatic heterocycles. The average molecular weight is 181 g/mol. The summed E-state index contributed by atoms with van der Waals surface area (Å²) >= 11 is 0. The molecule has 1 unspecified atom stereocenters. The van der Waals surface area contributed by atoms with Gasteiger partial charge in [0.25, 0.3) is 0 Å². The maximum atomic E-state index is 11.6. The van der Waals surface area contributed by atoms with Gasteiger partial charge >= 0.3 is 7.80 Å². The molecule has 0 heterocycles. The Bertz CT molecular complexity index is 254. The molecule has 1 nitrogen and oxygen atoms in total. The van der Waals surface area contributed by atoms with Gasteiger partial charge in [-0.3, -0.25) is 0 Å². The van der Waals surface area contributed by atoms with Gasteiger partial charge in [-0.25, -0.2) is 0 Å². The summed E-state index contributed by atoms with van der Waals surface area (Å²) in [4.78, 5) is 0. The van der Waals surface area contributed by atoms with Crippen molar-refractivity contribution >= 4 is 13.1 Å². The minimum atomic E-state index is -1.17. The standard InChI is InChI=1S/C10H14OP/c1-9(2)8-12(11)10-6-4-3-5-7-10/h3-7,9H,8H2,1-2H3/q+1. The van der Waals surface area contributed by atoms with E-state index in [0.717, 1.165) is 11.5 Å². The molecule has 0 fully saturated rings. The Morgan fingerprint density at radius 2 is 1.83 bits per heavy atom. The van der Waals surface area contributed by atoms with E-state index in [4.69, 9.17) is 0 Å². The molecule has 1 rings (SSSR count). The van der Waals surface area contributed by atoms with Crippen LogP contribution in [0.5, 0.6) is 0 Å². The van der Waals surface area contributed by atoms with Crippen molar-refractivity contribution in [3.63, 3.8) is 0 Å². The monoisotopic (exact) mass is 181 g/mol. The van der Waals surface area contributed by atoms with Crippen molar-refractivity contribution in [1.29, 1.82) is 0 Å². The van der Waals surface area contributed by atoms with E-state index in [1.807, 2.05) is 30.3 Å². The predicted molar refractivity (Wildman–Crippen MR) is 53.4 cm³/mol. The molecule has 0 aliphatic carbocycles. The van der Waals surface area contributed by atoms with Crippen molar-refractivity contribution < 1.29 is 4.57 Å². The maximum absolute atomic E-state index is 11.6. The van der Waals surface area contributed by atoms with E-state index >= 15 is 0 Å². The fourth-order valence-electron chi connectivity index (χ4n) is 1.03. The lowest BCUT2D eigenvalue weighted by Crippen LogP contribution is -2.00. The van der Waals surface area contributed by atoms with Crippen molar-refractivity contribution in [2.45, 2.75) is 13.8 Å². The lowest BCUT2D eigenvalue weighted by atomic mass is 10.3. The van der Waals surface area contributed by atoms with E-state index in [-0.39, 0.29) is 0 Å². The van der Waals surface area contributed by atoms with Crippen LogP contribution in [0.25, 0.3) is 0 Å². The van der Waals surface area contributed by atoms with Crippen LogP contribution in [0.2, 0.25) is 0 Å². The highest BCUT2D eigenvalue weighted by molar-refractivity contribution is 7.53. The summed E-state index contributed by atoms with van der Waals surface area (Å²) in [5.74, 6) is 0.508. The lowest BCUT2D eigenvalue weighted by molar-refractivity contribution is 0.585. The first-order valence-electron chi connectivity index (χ1n) is 4.20. The second-order valence-electron chi connectivity index (χ2n) is 3.29. The Balaban J connectivity index is 2.66. The molecule has 0 N–H and O–H groups in total. The van der Waals surface area contributed by atoms with Gasteiger partial charge in [-0.2, -0.15) is 0 Å². The number of hydrogen-bond acceptors (Lipinski definition) is 1. The topological polar surface area (TPSA) is 17.1 Å². The summed E-state index contributed by atoms with van der Waals surface area (Å²) in [7, 11) is -1.17. The molecule has 2 heteroatoms. The van der Waals surface area contributed by atoms with Crippen LogP contribution in [-0.2, 0) is 4.57 Å². The third-order valence-electron chi connectivity index (χ3n) is 1.58. The van der Waals surface area contributed by atoms with Crippen LogP contribution < -0.4 is 5.30 Å². The first-order valence-corrected chi connectivity index (χ1v) is 5.64. The number of hydrogen-bond donors (Lipinski definition) is 0. The second kappa shape index (κ2) is 4.37. The molecule has 0 aromatic heterocycles. The lowest BCUT2D eigenvalue weighted by Gasteiger charge is -1.92. The van der Waals surface area contributed by atoms with Crippen LogP contribution in [0.1, 0.15) is 13.8 Å². The zero-order valence-electron chi connectivity index (χ0n) is 7.53. The Kier molecular flexibility index (Phi) is 3.43. The van der Waals surface area contributed by atoms with E-state index in [2.05, 4.69) is 13.8 Å². The molecule has 64 valence electrons. The molecule has 0 aliphatic rings. The molecule has 0 radical (unpaired) electrons. The summed E-state index contributed by atoms with van der Waals surface area (Å²) in [6.45, 7) is 4.19. The van der Waals surface area contributed by atoms with Crippen LogP contribution in [0.3, 0.4) is 0 Å². The van der Waals surface area contributed by atoms with Crippen LogP contribution in [0.15, 0.2) is 30.3 Å². The summed E-state index contributed by atoms with van der Waals surface area (Å²) < 4.78 is 11.6. The molecular weight excluding hydrogens is 167 g/mol. The molecule has 0 saturated carbocycles. The van der Waals surface area contributed by atoms with Crippen LogP contribution in [0, 0.1) is 5.92 Å². The van der Waals surface area contributed by atoms with E-state index < -0.39 is 7.80 Å². The second-order valence-corrected chi connectivity index (χ2v) is 4.93. The highest BCUT2D eigenvalue weighted by atomic mass is 31.1. The average Bonchev–Trinajstić information content (AvgIpc) is 2.05. The summed E-state index contributed by atoms with van der Waals surface area (Å²) in [5, 5.41) is 0.973. The molecule has 0 bridgehead atoms. The minimum Gasteiger partial charge on any atom is -0.0681 e.